The van der Waals surface area contributed by atoms with Gasteiger partial charge in [0.1, 0.15) is 0 Å². The highest BCUT2D eigenvalue weighted by atomic mass is 32.1. The van der Waals surface area contributed by atoms with E-state index in [9.17, 15) is 4.79 Å². The van der Waals surface area contributed by atoms with E-state index in [1.807, 2.05) is 29.6 Å². The summed E-state index contributed by atoms with van der Waals surface area (Å²) in [6.45, 7) is 4.97. The fourth-order valence-electron chi connectivity index (χ4n) is 3.43. The Hall–Kier alpha value is -2.17. The predicted molar refractivity (Wildman–Crippen MR) is 107 cm³/mol. The van der Waals surface area contributed by atoms with Gasteiger partial charge in [-0.25, -0.2) is 0 Å². The van der Waals surface area contributed by atoms with Crippen LogP contribution >= 0.6 is 11.3 Å². The zero-order valence-electron chi connectivity index (χ0n) is 14.2. The molecule has 0 unspecified atom stereocenters. The molecule has 0 atom stereocenters. The molecule has 128 valence electrons. The second-order valence-corrected chi connectivity index (χ2v) is 7.42. The highest BCUT2D eigenvalue weighted by Crippen LogP contribution is 2.22. The van der Waals surface area contributed by atoms with Crippen molar-refractivity contribution in [2.45, 2.75) is 6.42 Å². The van der Waals surface area contributed by atoms with Crippen molar-refractivity contribution in [2.24, 2.45) is 0 Å². The minimum absolute atomic E-state index is 0.173. The molecular weight excluding hydrogens is 328 g/mol. The fraction of sp³-hybridized carbons (Fsp3) is 0.286. The highest BCUT2D eigenvalue weighted by molar-refractivity contribution is 7.16. The molecule has 25 heavy (non-hydrogen) atoms. The molecule has 0 amide bonds. The van der Waals surface area contributed by atoms with Gasteiger partial charge < -0.3 is 4.90 Å². The fourth-order valence-corrected chi connectivity index (χ4v) is 4.37. The molecule has 2 heterocycles. The molecule has 3 nitrogen and oxygen atoms in total. The lowest BCUT2D eigenvalue weighted by Gasteiger charge is -2.35. The van der Waals surface area contributed by atoms with Crippen molar-refractivity contribution in [1.29, 1.82) is 0 Å². The van der Waals surface area contributed by atoms with Gasteiger partial charge in [0.15, 0.2) is 0 Å². The lowest BCUT2D eigenvalue weighted by atomic mass is 10.1. The van der Waals surface area contributed by atoms with Gasteiger partial charge in [0.25, 0.3) is 0 Å². The van der Waals surface area contributed by atoms with Crippen LogP contribution in [0.5, 0.6) is 0 Å². The number of rotatable bonds is 4. The molecule has 0 N–H and O–H groups in total. The topological polar surface area (TPSA) is 23.6 Å². The maximum atomic E-state index is 12.8. The van der Waals surface area contributed by atoms with Crippen LogP contribution in [0.15, 0.2) is 64.8 Å². The molecule has 0 bridgehead atoms. The Kier molecular flexibility index (Phi) is 4.81. The molecular formula is C21H22N2OS. The lowest BCUT2D eigenvalue weighted by molar-refractivity contribution is 0.261. The average Bonchev–Trinajstić information content (AvgIpc) is 2.68. The van der Waals surface area contributed by atoms with Gasteiger partial charge in [-0.15, -0.1) is 11.3 Å². The summed E-state index contributed by atoms with van der Waals surface area (Å²) in [4.78, 5) is 17.5. The SMILES string of the molecule is O=c1c(N2CCN(CCc3ccccc3)CC2)csc2ccccc12. The van der Waals surface area contributed by atoms with Crippen molar-refractivity contribution < 1.29 is 0 Å². The van der Waals surface area contributed by atoms with E-state index < -0.39 is 0 Å². The van der Waals surface area contributed by atoms with E-state index in [0.717, 1.165) is 54.9 Å². The van der Waals surface area contributed by atoms with Crippen molar-refractivity contribution in [1.82, 2.24) is 4.90 Å². The number of anilines is 1. The predicted octanol–water partition coefficient (Wildman–Crippen LogP) is 3.63. The van der Waals surface area contributed by atoms with Crippen LogP contribution < -0.4 is 10.3 Å². The molecule has 1 aliphatic rings. The van der Waals surface area contributed by atoms with Crippen LogP contribution in [-0.4, -0.2) is 37.6 Å². The average molecular weight is 350 g/mol. The van der Waals surface area contributed by atoms with Crippen molar-refractivity contribution in [3.63, 3.8) is 0 Å². The Morgan fingerprint density at radius 3 is 2.40 bits per heavy atom. The van der Waals surface area contributed by atoms with E-state index in [2.05, 4.69) is 40.1 Å². The summed E-state index contributed by atoms with van der Waals surface area (Å²) in [5.74, 6) is 0. The molecule has 1 aliphatic heterocycles. The monoisotopic (exact) mass is 350 g/mol. The maximum absolute atomic E-state index is 12.8. The van der Waals surface area contributed by atoms with Crippen LogP contribution in [-0.2, 0) is 6.42 Å². The van der Waals surface area contributed by atoms with E-state index in [0.29, 0.717) is 0 Å². The molecule has 4 rings (SSSR count). The van der Waals surface area contributed by atoms with Crippen molar-refractivity contribution in [2.75, 3.05) is 37.6 Å². The lowest BCUT2D eigenvalue weighted by Crippen LogP contribution is -2.48. The second kappa shape index (κ2) is 7.38. The molecule has 1 saturated heterocycles. The van der Waals surface area contributed by atoms with Gasteiger partial charge in [0.05, 0.1) is 5.69 Å². The zero-order chi connectivity index (χ0) is 17.1. The minimum Gasteiger partial charge on any atom is -0.365 e. The highest BCUT2D eigenvalue weighted by Gasteiger charge is 2.19. The number of nitrogens with zero attached hydrogens (tertiary/aromatic N) is 2. The third-order valence-electron chi connectivity index (χ3n) is 4.93. The smallest absolute Gasteiger partial charge is 0.211 e. The van der Waals surface area contributed by atoms with Gasteiger partial charge in [-0.2, -0.15) is 0 Å². The standard InChI is InChI=1S/C21H22N2OS/c24-21-18-8-4-5-9-20(18)25-16-19(21)23-14-12-22(13-15-23)11-10-17-6-2-1-3-7-17/h1-9,16H,10-15H2. The molecule has 1 aromatic heterocycles. The Bertz CT molecular complexity index is 898. The van der Waals surface area contributed by atoms with Gasteiger partial charge in [-0.05, 0) is 24.1 Å². The molecule has 0 radical (unpaired) electrons. The quantitative estimate of drug-likeness (QED) is 0.718. The second-order valence-electron chi connectivity index (χ2n) is 6.51. The number of benzene rings is 2. The number of hydrogen-bond donors (Lipinski definition) is 0. The molecule has 1 fully saturated rings. The van der Waals surface area contributed by atoms with Gasteiger partial charge in [0, 0.05) is 48.2 Å². The molecule has 3 aromatic rings. The number of hydrogen-bond acceptors (Lipinski definition) is 4. The normalized spacial score (nSPS) is 15.6. The summed E-state index contributed by atoms with van der Waals surface area (Å²) in [6, 6.07) is 18.5. The van der Waals surface area contributed by atoms with E-state index in [1.54, 1.807) is 11.3 Å². The van der Waals surface area contributed by atoms with Crippen LogP contribution in [0.4, 0.5) is 5.69 Å². The van der Waals surface area contributed by atoms with Gasteiger partial charge in [-0.3, -0.25) is 9.69 Å². The molecule has 0 spiro atoms. The Morgan fingerprint density at radius 1 is 0.880 bits per heavy atom. The Labute approximate surface area is 152 Å². The Balaban J connectivity index is 1.40. The van der Waals surface area contributed by atoms with E-state index >= 15 is 0 Å². The van der Waals surface area contributed by atoms with Gasteiger partial charge >= 0.3 is 0 Å². The van der Waals surface area contributed by atoms with Crippen molar-refractivity contribution in [3.05, 3.63) is 75.8 Å². The molecule has 0 saturated carbocycles. The van der Waals surface area contributed by atoms with Gasteiger partial charge in [0.2, 0.25) is 5.43 Å². The van der Waals surface area contributed by atoms with E-state index in [4.69, 9.17) is 0 Å². The summed E-state index contributed by atoms with van der Waals surface area (Å²) < 4.78 is 1.07. The first-order valence-electron chi connectivity index (χ1n) is 8.83. The third-order valence-corrected chi connectivity index (χ3v) is 5.89. The first-order valence-corrected chi connectivity index (χ1v) is 9.71. The largest absolute Gasteiger partial charge is 0.365 e. The molecule has 0 aliphatic carbocycles. The number of fused-ring (bicyclic) bond motifs is 1. The molecule has 2 aromatic carbocycles. The summed E-state index contributed by atoms with van der Waals surface area (Å²) >= 11 is 1.66. The van der Waals surface area contributed by atoms with Crippen LogP contribution in [0, 0.1) is 0 Å². The zero-order valence-corrected chi connectivity index (χ0v) is 15.0. The first-order chi connectivity index (χ1) is 12.3. The summed E-state index contributed by atoms with van der Waals surface area (Å²) in [5.41, 5.74) is 2.43. The van der Waals surface area contributed by atoms with Crippen LogP contribution in [0.2, 0.25) is 0 Å². The van der Waals surface area contributed by atoms with E-state index in [1.165, 1.54) is 5.56 Å². The minimum atomic E-state index is 0.173. The third kappa shape index (κ3) is 3.60. The van der Waals surface area contributed by atoms with Crippen LogP contribution in [0.1, 0.15) is 5.56 Å². The maximum Gasteiger partial charge on any atom is 0.211 e. The van der Waals surface area contributed by atoms with Gasteiger partial charge in [-0.1, -0.05) is 42.5 Å². The molecule has 4 heteroatoms. The van der Waals surface area contributed by atoms with Crippen molar-refractivity contribution >= 4 is 27.1 Å². The van der Waals surface area contributed by atoms with Crippen LogP contribution in [0.3, 0.4) is 0 Å². The summed E-state index contributed by atoms with van der Waals surface area (Å²) in [5, 5.41) is 2.88. The van der Waals surface area contributed by atoms with Crippen LogP contribution in [0.25, 0.3) is 10.1 Å². The summed E-state index contributed by atoms with van der Waals surface area (Å²) in [7, 11) is 0. The number of piperazine rings is 1. The first kappa shape index (κ1) is 16.3. The van der Waals surface area contributed by atoms with E-state index in [-0.39, 0.29) is 5.43 Å². The Morgan fingerprint density at radius 2 is 1.60 bits per heavy atom. The summed E-state index contributed by atoms with van der Waals surface area (Å²) in [6.07, 6.45) is 1.09. The van der Waals surface area contributed by atoms with Crippen molar-refractivity contribution in [3.8, 4) is 0 Å².